The molecule has 0 aliphatic heterocycles. The van der Waals surface area contributed by atoms with E-state index in [2.05, 4.69) is 19.2 Å². The molecule has 0 atom stereocenters. The van der Waals surface area contributed by atoms with Crippen LogP contribution in [0.3, 0.4) is 0 Å². The van der Waals surface area contributed by atoms with E-state index in [1.807, 2.05) is 10.3 Å². The molecule has 7 heteroatoms. The van der Waals surface area contributed by atoms with Gasteiger partial charge in [0.25, 0.3) is 0 Å². The molecule has 140 valence electrons. The summed E-state index contributed by atoms with van der Waals surface area (Å²) in [5.74, 6) is -0.144. The summed E-state index contributed by atoms with van der Waals surface area (Å²) in [6, 6.07) is 0.391. The van der Waals surface area contributed by atoms with Gasteiger partial charge in [0.1, 0.15) is 5.00 Å². The van der Waals surface area contributed by atoms with Gasteiger partial charge >= 0.3 is 5.97 Å². The van der Waals surface area contributed by atoms with Crippen LogP contribution in [0.4, 0.5) is 5.00 Å². The van der Waals surface area contributed by atoms with Gasteiger partial charge in [-0.05, 0) is 43.0 Å². The minimum Gasteiger partial charge on any atom is -0.462 e. The van der Waals surface area contributed by atoms with Crippen LogP contribution in [0.1, 0.15) is 49.5 Å². The van der Waals surface area contributed by atoms with E-state index in [1.54, 1.807) is 6.92 Å². The van der Waals surface area contributed by atoms with Gasteiger partial charge in [-0.25, -0.2) is 4.79 Å². The second kappa shape index (κ2) is 9.31. The summed E-state index contributed by atoms with van der Waals surface area (Å²) in [6.45, 7) is 7.01. The molecule has 1 aromatic heterocycles. The van der Waals surface area contributed by atoms with Crippen molar-refractivity contribution in [2.45, 2.75) is 46.1 Å². The van der Waals surface area contributed by atoms with Gasteiger partial charge in [0.2, 0.25) is 5.91 Å². The van der Waals surface area contributed by atoms with E-state index in [0.29, 0.717) is 35.7 Å². The van der Waals surface area contributed by atoms with Gasteiger partial charge in [-0.3, -0.25) is 9.69 Å². The van der Waals surface area contributed by atoms with E-state index in [-0.39, 0.29) is 25.0 Å². The van der Waals surface area contributed by atoms with Gasteiger partial charge in [-0.2, -0.15) is 0 Å². The van der Waals surface area contributed by atoms with Crippen molar-refractivity contribution in [3.05, 3.63) is 16.5 Å². The number of amides is 1. The number of carbonyl (C=O) groups excluding carboxylic acids is 2. The molecule has 2 N–H and O–H groups in total. The monoisotopic (exact) mass is 368 g/mol. The molecule has 1 heterocycles. The molecule has 0 bridgehead atoms. The first kappa shape index (κ1) is 19.9. The van der Waals surface area contributed by atoms with Crippen LogP contribution in [-0.2, 0) is 16.0 Å². The highest BCUT2D eigenvalue weighted by molar-refractivity contribution is 7.15. The molecule has 0 radical (unpaired) electrons. The first-order chi connectivity index (χ1) is 12.0. The fourth-order valence-electron chi connectivity index (χ4n) is 2.81. The highest BCUT2D eigenvalue weighted by Gasteiger charge is 2.30. The highest BCUT2D eigenvalue weighted by atomic mass is 32.1. The van der Waals surface area contributed by atoms with Crippen molar-refractivity contribution in [2.24, 2.45) is 5.92 Å². The van der Waals surface area contributed by atoms with Crippen molar-refractivity contribution in [1.29, 1.82) is 0 Å². The van der Waals surface area contributed by atoms with Gasteiger partial charge < -0.3 is 15.2 Å². The van der Waals surface area contributed by atoms with E-state index in [9.17, 15) is 9.59 Å². The maximum absolute atomic E-state index is 12.4. The summed E-state index contributed by atoms with van der Waals surface area (Å²) >= 11 is 1.36. The summed E-state index contributed by atoms with van der Waals surface area (Å²) in [6.07, 6.45) is 2.90. The number of esters is 1. The molecule has 1 aliphatic carbocycles. The maximum atomic E-state index is 12.4. The Labute approximate surface area is 153 Å². The number of hydrogen-bond donors (Lipinski definition) is 2. The Kier molecular flexibility index (Phi) is 7.40. The topological polar surface area (TPSA) is 78.9 Å². The summed E-state index contributed by atoms with van der Waals surface area (Å²) < 4.78 is 5.17. The molecule has 0 unspecified atom stereocenters. The first-order valence-electron chi connectivity index (χ1n) is 8.88. The quantitative estimate of drug-likeness (QED) is 0.621. The van der Waals surface area contributed by atoms with Crippen LogP contribution >= 0.6 is 11.3 Å². The van der Waals surface area contributed by atoms with Crippen LogP contribution < -0.4 is 5.32 Å². The Bertz CT molecular complexity index is 596. The zero-order chi connectivity index (χ0) is 18.4. The Morgan fingerprint density at radius 3 is 2.72 bits per heavy atom. The SMILES string of the molecule is CCOC(=O)c1c(CC(C)C)csc1NC(=O)CN(CCO)C1CC1. The fourth-order valence-corrected chi connectivity index (χ4v) is 3.79. The molecule has 1 amide bonds. The smallest absolute Gasteiger partial charge is 0.341 e. The number of anilines is 1. The predicted octanol–water partition coefficient (Wildman–Crippen LogP) is 2.52. The minimum absolute atomic E-state index is 0.0371. The standard InChI is InChI=1S/C18H28N2O4S/c1-4-24-18(23)16-13(9-12(2)3)11-25-17(16)19-15(22)10-20(7-8-21)14-5-6-14/h11-12,14,21H,4-10H2,1-3H3,(H,19,22). The minimum atomic E-state index is -0.385. The average Bonchev–Trinajstić information content (AvgIpc) is 3.30. The number of aliphatic hydroxyl groups excluding tert-OH is 1. The van der Waals surface area contributed by atoms with Crippen LogP contribution in [0.15, 0.2) is 5.38 Å². The molecule has 0 saturated heterocycles. The third-order valence-electron chi connectivity index (χ3n) is 4.03. The summed E-state index contributed by atoms with van der Waals surface area (Å²) in [5, 5.41) is 14.5. The Balaban J connectivity index is 2.10. The highest BCUT2D eigenvalue weighted by Crippen LogP contribution is 2.31. The number of hydrogen-bond acceptors (Lipinski definition) is 6. The molecular formula is C18H28N2O4S. The molecule has 1 aliphatic rings. The lowest BCUT2D eigenvalue weighted by Crippen LogP contribution is -2.36. The Hall–Kier alpha value is -1.44. The van der Waals surface area contributed by atoms with E-state index in [0.717, 1.165) is 24.8 Å². The number of carbonyl (C=O) groups is 2. The number of nitrogens with one attached hydrogen (secondary N) is 1. The van der Waals surface area contributed by atoms with Crippen LogP contribution in [0.2, 0.25) is 0 Å². The van der Waals surface area contributed by atoms with Crippen LogP contribution in [-0.4, -0.2) is 54.2 Å². The Morgan fingerprint density at radius 2 is 2.16 bits per heavy atom. The van der Waals surface area contributed by atoms with Crippen molar-refractivity contribution >= 4 is 28.2 Å². The lowest BCUT2D eigenvalue weighted by Gasteiger charge is -2.20. The molecule has 1 fully saturated rings. The normalized spacial score (nSPS) is 14.2. The van der Waals surface area contributed by atoms with Crippen LogP contribution in [0, 0.1) is 5.92 Å². The van der Waals surface area contributed by atoms with Crippen molar-refractivity contribution in [2.75, 3.05) is 31.6 Å². The van der Waals surface area contributed by atoms with Crippen molar-refractivity contribution in [3.63, 3.8) is 0 Å². The zero-order valence-corrected chi connectivity index (χ0v) is 16.0. The van der Waals surface area contributed by atoms with Gasteiger partial charge in [0.05, 0.1) is 25.3 Å². The zero-order valence-electron chi connectivity index (χ0n) is 15.2. The lowest BCUT2D eigenvalue weighted by atomic mass is 10.0. The third kappa shape index (κ3) is 5.80. The molecule has 0 spiro atoms. The Morgan fingerprint density at radius 1 is 1.44 bits per heavy atom. The maximum Gasteiger partial charge on any atom is 0.341 e. The summed E-state index contributed by atoms with van der Waals surface area (Å²) in [7, 11) is 0. The molecule has 1 aromatic rings. The first-order valence-corrected chi connectivity index (χ1v) is 9.76. The molecule has 2 rings (SSSR count). The molecule has 25 heavy (non-hydrogen) atoms. The molecule has 1 saturated carbocycles. The van der Waals surface area contributed by atoms with E-state index >= 15 is 0 Å². The van der Waals surface area contributed by atoms with E-state index in [1.165, 1.54) is 11.3 Å². The number of rotatable bonds is 10. The van der Waals surface area contributed by atoms with Crippen LogP contribution in [0.25, 0.3) is 0 Å². The second-order valence-electron chi connectivity index (χ2n) is 6.76. The van der Waals surface area contributed by atoms with Crippen molar-refractivity contribution in [3.8, 4) is 0 Å². The number of nitrogens with zero attached hydrogens (tertiary/aromatic N) is 1. The van der Waals surface area contributed by atoms with Crippen molar-refractivity contribution < 1.29 is 19.4 Å². The van der Waals surface area contributed by atoms with E-state index < -0.39 is 0 Å². The number of thiophene rings is 1. The number of aliphatic hydroxyl groups is 1. The molecule has 0 aromatic carbocycles. The predicted molar refractivity (Wildman–Crippen MR) is 99.1 cm³/mol. The fraction of sp³-hybridized carbons (Fsp3) is 0.667. The largest absolute Gasteiger partial charge is 0.462 e. The van der Waals surface area contributed by atoms with Gasteiger partial charge in [0, 0.05) is 12.6 Å². The second-order valence-corrected chi connectivity index (χ2v) is 7.64. The molecule has 6 nitrogen and oxygen atoms in total. The lowest BCUT2D eigenvalue weighted by molar-refractivity contribution is -0.117. The summed E-state index contributed by atoms with van der Waals surface area (Å²) in [5.41, 5.74) is 1.40. The van der Waals surface area contributed by atoms with Gasteiger partial charge in [-0.15, -0.1) is 11.3 Å². The summed E-state index contributed by atoms with van der Waals surface area (Å²) in [4.78, 5) is 26.7. The molecular weight excluding hydrogens is 340 g/mol. The number of ether oxygens (including phenoxy) is 1. The van der Waals surface area contributed by atoms with Crippen LogP contribution in [0.5, 0.6) is 0 Å². The van der Waals surface area contributed by atoms with Gasteiger partial charge in [0.15, 0.2) is 0 Å². The van der Waals surface area contributed by atoms with Gasteiger partial charge in [-0.1, -0.05) is 13.8 Å². The van der Waals surface area contributed by atoms with E-state index in [4.69, 9.17) is 9.84 Å². The van der Waals surface area contributed by atoms with Crippen molar-refractivity contribution in [1.82, 2.24) is 4.90 Å². The average molecular weight is 368 g/mol. The third-order valence-corrected chi connectivity index (χ3v) is 4.97.